The number of carbonyl (C=O) groups excluding carboxylic acids is 2. The van der Waals surface area contributed by atoms with Crippen LogP contribution in [0.25, 0.3) is 0 Å². The molecule has 0 bridgehead atoms. The second-order valence-electron chi connectivity index (χ2n) is 4.72. The van der Waals surface area contributed by atoms with E-state index in [9.17, 15) is 9.59 Å². The molecule has 1 fully saturated rings. The summed E-state index contributed by atoms with van der Waals surface area (Å²) in [5, 5.41) is 0. The Kier molecular flexibility index (Phi) is 3.85. The molecule has 1 unspecified atom stereocenters. The molecular formula is C11H20N2O2. The maximum atomic E-state index is 11.8. The lowest BCUT2D eigenvalue weighted by molar-refractivity contribution is -0.153. The second kappa shape index (κ2) is 4.75. The third-order valence-corrected chi connectivity index (χ3v) is 2.93. The lowest BCUT2D eigenvalue weighted by Gasteiger charge is -2.36. The first kappa shape index (κ1) is 12.2. The van der Waals surface area contributed by atoms with E-state index in [0.29, 0.717) is 19.4 Å². The highest BCUT2D eigenvalue weighted by atomic mass is 16.2. The van der Waals surface area contributed by atoms with Crippen molar-refractivity contribution < 1.29 is 9.59 Å². The van der Waals surface area contributed by atoms with Crippen LogP contribution in [-0.2, 0) is 9.59 Å². The van der Waals surface area contributed by atoms with Crippen molar-refractivity contribution in [2.45, 2.75) is 39.7 Å². The first-order valence-electron chi connectivity index (χ1n) is 5.52. The molecule has 0 radical (unpaired) electrons. The summed E-state index contributed by atoms with van der Waals surface area (Å²) in [6.07, 6.45) is 0.934. The van der Waals surface area contributed by atoms with Crippen molar-refractivity contribution in [1.29, 1.82) is 0 Å². The average molecular weight is 212 g/mol. The van der Waals surface area contributed by atoms with Crippen molar-refractivity contribution in [1.82, 2.24) is 4.90 Å². The van der Waals surface area contributed by atoms with E-state index in [2.05, 4.69) is 0 Å². The van der Waals surface area contributed by atoms with Crippen LogP contribution in [0.15, 0.2) is 0 Å². The predicted octanol–water partition coefficient (Wildman–Crippen LogP) is 0.755. The molecule has 2 amide bonds. The van der Waals surface area contributed by atoms with Gasteiger partial charge in [-0.15, -0.1) is 0 Å². The highest BCUT2D eigenvalue weighted by Gasteiger charge is 2.35. The summed E-state index contributed by atoms with van der Waals surface area (Å²) in [6, 6.07) is -0.141. The van der Waals surface area contributed by atoms with Crippen LogP contribution in [0.3, 0.4) is 0 Å². The van der Waals surface area contributed by atoms with Gasteiger partial charge >= 0.3 is 0 Å². The SMILES string of the molecule is CC1CC(=O)N(C(CN)C(C)C)C(=O)C1. The third-order valence-electron chi connectivity index (χ3n) is 2.93. The van der Waals surface area contributed by atoms with Crippen LogP contribution < -0.4 is 5.73 Å². The Balaban J connectivity index is 2.83. The minimum Gasteiger partial charge on any atom is -0.328 e. The van der Waals surface area contributed by atoms with Crippen molar-refractivity contribution >= 4 is 11.8 Å². The van der Waals surface area contributed by atoms with E-state index < -0.39 is 0 Å². The Bertz CT molecular complexity index is 245. The molecule has 1 aliphatic rings. The van der Waals surface area contributed by atoms with Gasteiger partial charge in [0.1, 0.15) is 0 Å². The number of hydrogen-bond acceptors (Lipinski definition) is 3. The van der Waals surface area contributed by atoms with Gasteiger partial charge in [-0.25, -0.2) is 0 Å². The molecule has 0 saturated carbocycles. The molecule has 2 N–H and O–H groups in total. The molecule has 0 aromatic rings. The van der Waals surface area contributed by atoms with Gasteiger partial charge in [0.15, 0.2) is 0 Å². The van der Waals surface area contributed by atoms with Crippen LogP contribution in [-0.4, -0.2) is 29.3 Å². The van der Waals surface area contributed by atoms with E-state index in [0.717, 1.165) is 0 Å². The molecule has 4 nitrogen and oxygen atoms in total. The van der Waals surface area contributed by atoms with Gasteiger partial charge in [-0.05, 0) is 11.8 Å². The minimum absolute atomic E-state index is 0.0668. The largest absolute Gasteiger partial charge is 0.328 e. The van der Waals surface area contributed by atoms with Crippen molar-refractivity contribution in [2.75, 3.05) is 6.54 Å². The number of imide groups is 1. The summed E-state index contributed by atoms with van der Waals surface area (Å²) >= 11 is 0. The molecule has 0 aromatic carbocycles. The first-order valence-corrected chi connectivity index (χ1v) is 5.52. The van der Waals surface area contributed by atoms with Crippen LogP contribution in [0.5, 0.6) is 0 Å². The molecule has 15 heavy (non-hydrogen) atoms. The fourth-order valence-electron chi connectivity index (χ4n) is 2.05. The van der Waals surface area contributed by atoms with Gasteiger partial charge in [0.25, 0.3) is 0 Å². The van der Waals surface area contributed by atoms with Crippen LogP contribution in [0, 0.1) is 11.8 Å². The van der Waals surface area contributed by atoms with E-state index in [4.69, 9.17) is 5.73 Å². The zero-order valence-electron chi connectivity index (χ0n) is 9.69. The summed E-state index contributed by atoms with van der Waals surface area (Å²) in [7, 11) is 0. The zero-order valence-corrected chi connectivity index (χ0v) is 9.69. The second-order valence-corrected chi connectivity index (χ2v) is 4.72. The monoisotopic (exact) mass is 212 g/mol. The molecule has 4 heteroatoms. The summed E-state index contributed by atoms with van der Waals surface area (Å²) in [5.41, 5.74) is 5.62. The van der Waals surface area contributed by atoms with Gasteiger partial charge in [-0.3, -0.25) is 14.5 Å². The third kappa shape index (κ3) is 2.56. The molecule has 1 rings (SSSR count). The maximum Gasteiger partial charge on any atom is 0.229 e. The molecule has 0 aromatic heterocycles. The van der Waals surface area contributed by atoms with Gasteiger partial charge in [-0.1, -0.05) is 20.8 Å². The van der Waals surface area contributed by atoms with E-state index in [-0.39, 0.29) is 29.7 Å². The molecule has 0 spiro atoms. The number of likely N-dealkylation sites (tertiary alicyclic amines) is 1. The highest BCUT2D eigenvalue weighted by molar-refractivity contribution is 5.98. The Morgan fingerprint density at radius 2 is 1.80 bits per heavy atom. The summed E-state index contributed by atoms with van der Waals surface area (Å²) in [5.74, 6) is 0.258. The number of hydrogen-bond donors (Lipinski definition) is 1. The fraction of sp³-hybridized carbons (Fsp3) is 0.818. The Morgan fingerprint density at radius 3 is 2.13 bits per heavy atom. The number of nitrogens with zero attached hydrogens (tertiary/aromatic N) is 1. The lowest BCUT2D eigenvalue weighted by atomic mass is 9.93. The van der Waals surface area contributed by atoms with Crippen molar-refractivity contribution in [2.24, 2.45) is 17.6 Å². The van der Waals surface area contributed by atoms with Gasteiger partial charge in [-0.2, -0.15) is 0 Å². The number of carbonyl (C=O) groups is 2. The van der Waals surface area contributed by atoms with E-state index in [1.165, 1.54) is 4.90 Å². The molecular weight excluding hydrogens is 192 g/mol. The Labute approximate surface area is 90.8 Å². The molecule has 1 saturated heterocycles. The lowest BCUT2D eigenvalue weighted by Crippen LogP contribution is -2.53. The van der Waals surface area contributed by atoms with Crippen LogP contribution in [0.2, 0.25) is 0 Å². The standard InChI is InChI=1S/C11H20N2O2/c1-7(2)9(6-12)13-10(14)4-8(3)5-11(13)15/h7-9H,4-6,12H2,1-3H3. The summed E-state index contributed by atoms with van der Waals surface area (Å²) < 4.78 is 0. The average Bonchev–Trinajstić information content (AvgIpc) is 2.09. The molecule has 1 heterocycles. The summed E-state index contributed by atoms with van der Waals surface area (Å²) in [6.45, 7) is 6.25. The topological polar surface area (TPSA) is 63.4 Å². The van der Waals surface area contributed by atoms with E-state index in [1.54, 1.807) is 0 Å². The summed E-state index contributed by atoms with van der Waals surface area (Å²) in [4.78, 5) is 24.9. The quantitative estimate of drug-likeness (QED) is 0.702. The number of rotatable bonds is 3. The number of nitrogens with two attached hydrogens (primary N) is 1. The van der Waals surface area contributed by atoms with Gasteiger partial charge in [0, 0.05) is 19.4 Å². The fourth-order valence-corrected chi connectivity index (χ4v) is 2.05. The van der Waals surface area contributed by atoms with Gasteiger partial charge < -0.3 is 5.73 Å². The van der Waals surface area contributed by atoms with Gasteiger partial charge in [0.05, 0.1) is 6.04 Å². The molecule has 1 atom stereocenters. The maximum absolute atomic E-state index is 11.8. The Morgan fingerprint density at radius 1 is 1.33 bits per heavy atom. The van der Waals surface area contributed by atoms with Crippen molar-refractivity contribution in [3.05, 3.63) is 0 Å². The normalized spacial score (nSPS) is 21.3. The molecule has 0 aliphatic carbocycles. The van der Waals surface area contributed by atoms with E-state index >= 15 is 0 Å². The minimum atomic E-state index is -0.141. The number of piperidine rings is 1. The predicted molar refractivity (Wildman–Crippen MR) is 57.9 cm³/mol. The van der Waals surface area contributed by atoms with E-state index in [1.807, 2.05) is 20.8 Å². The highest BCUT2D eigenvalue weighted by Crippen LogP contribution is 2.23. The van der Waals surface area contributed by atoms with Crippen molar-refractivity contribution in [3.8, 4) is 0 Å². The smallest absolute Gasteiger partial charge is 0.229 e. The van der Waals surface area contributed by atoms with Crippen LogP contribution in [0.4, 0.5) is 0 Å². The van der Waals surface area contributed by atoms with Crippen LogP contribution >= 0.6 is 0 Å². The molecule has 1 aliphatic heterocycles. The van der Waals surface area contributed by atoms with Crippen LogP contribution in [0.1, 0.15) is 33.6 Å². The molecule has 86 valence electrons. The Hall–Kier alpha value is -0.900. The zero-order chi connectivity index (χ0) is 11.6. The van der Waals surface area contributed by atoms with Gasteiger partial charge in [0.2, 0.25) is 11.8 Å². The van der Waals surface area contributed by atoms with Crippen molar-refractivity contribution in [3.63, 3.8) is 0 Å². The first-order chi connectivity index (χ1) is 6.97. The number of amides is 2.